The fourth-order valence-corrected chi connectivity index (χ4v) is 4.14. The molecule has 3 rings (SSSR count). The Kier molecular flexibility index (Phi) is 8.81. The van der Waals surface area contributed by atoms with Gasteiger partial charge in [-0.05, 0) is 58.2 Å². The number of rotatable bonds is 9. The van der Waals surface area contributed by atoms with Crippen LogP contribution in [0.4, 0.5) is 5.69 Å². The molecular formula is C23H37N5O2. The molecular weight excluding hydrogens is 378 g/mol. The first-order valence-corrected chi connectivity index (χ1v) is 11.5. The van der Waals surface area contributed by atoms with E-state index in [1.807, 2.05) is 29.2 Å². The molecule has 0 aromatic heterocycles. The second-order valence-electron chi connectivity index (χ2n) is 8.08. The molecule has 7 heteroatoms. The van der Waals surface area contributed by atoms with Crippen LogP contribution in [0.2, 0.25) is 0 Å². The summed E-state index contributed by atoms with van der Waals surface area (Å²) in [5, 5.41) is 6.77. The van der Waals surface area contributed by atoms with Crippen molar-refractivity contribution < 1.29 is 9.53 Å². The van der Waals surface area contributed by atoms with Crippen molar-refractivity contribution in [1.82, 2.24) is 15.5 Å². The van der Waals surface area contributed by atoms with E-state index in [2.05, 4.69) is 34.4 Å². The lowest BCUT2D eigenvalue weighted by Crippen LogP contribution is -2.41. The number of nitrogens with zero attached hydrogens (tertiary/aromatic N) is 3. The molecule has 2 aliphatic rings. The molecule has 1 amide bonds. The molecule has 1 fully saturated rings. The van der Waals surface area contributed by atoms with Gasteiger partial charge in [-0.3, -0.25) is 9.79 Å². The second kappa shape index (κ2) is 11.8. The zero-order chi connectivity index (χ0) is 21.2. The summed E-state index contributed by atoms with van der Waals surface area (Å²) in [7, 11) is 0. The van der Waals surface area contributed by atoms with E-state index in [9.17, 15) is 4.79 Å². The van der Waals surface area contributed by atoms with Gasteiger partial charge >= 0.3 is 0 Å². The molecule has 2 heterocycles. The lowest BCUT2D eigenvalue weighted by Gasteiger charge is -2.33. The number of aliphatic imine (C=N–C) groups is 1. The minimum atomic E-state index is 0.00894. The summed E-state index contributed by atoms with van der Waals surface area (Å²) in [6.45, 7) is 9.99. The summed E-state index contributed by atoms with van der Waals surface area (Å²) in [5.41, 5.74) is 0.856. The Morgan fingerprint density at radius 2 is 2.07 bits per heavy atom. The first-order chi connectivity index (χ1) is 14.7. The molecule has 1 aromatic rings. The van der Waals surface area contributed by atoms with Crippen molar-refractivity contribution in [2.45, 2.75) is 52.0 Å². The molecule has 30 heavy (non-hydrogen) atoms. The van der Waals surface area contributed by atoms with Gasteiger partial charge in [0.15, 0.2) is 12.6 Å². The number of ether oxygens (including phenoxy) is 1. The Morgan fingerprint density at radius 3 is 2.90 bits per heavy atom. The van der Waals surface area contributed by atoms with Crippen LogP contribution in [0.5, 0.6) is 5.75 Å². The van der Waals surface area contributed by atoms with Crippen LogP contribution < -0.4 is 20.3 Å². The molecule has 0 aliphatic carbocycles. The number of hydrogen-bond acceptors (Lipinski definition) is 4. The number of benzene rings is 1. The van der Waals surface area contributed by atoms with E-state index in [4.69, 9.17) is 4.74 Å². The third kappa shape index (κ3) is 6.36. The molecule has 1 unspecified atom stereocenters. The maximum absolute atomic E-state index is 12.3. The molecule has 1 saturated heterocycles. The lowest BCUT2D eigenvalue weighted by molar-refractivity contribution is -0.121. The summed E-state index contributed by atoms with van der Waals surface area (Å²) in [4.78, 5) is 21.4. The summed E-state index contributed by atoms with van der Waals surface area (Å²) in [6.07, 6.45) is 5.95. The topological polar surface area (TPSA) is 69.2 Å². The van der Waals surface area contributed by atoms with E-state index >= 15 is 0 Å². The summed E-state index contributed by atoms with van der Waals surface area (Å²) in [5.74, 6) is 1.64. The number of carbonyl (C=O) groups excluding carboxylic acids is 1. The van der Waals surface area contributed by atoms with E-state index in [1.54, 1.807) is 0 Å². The van der Waals surface area contributed by atoms with E-state index in [-0.39, 0.29) is 12.5 Å². The molecule has 2 N–H and O–H groups in total. The van der Waals surface area contributed by atoms with Gasteiger partial charge < -0.3 is 25.2 Å². The van der Waals surface area contributed by atoms with Gasteiger partial charge in [-0.2, -0.15) is 0 Å². The highest BCUT2D eigenvalue weighted by Gasteiger charge is 2.24. The largest absolute Gasteiger partial charge is 0.482 e. The van der Waals surface area contributed by atoms with Crippen molar-refractivity contribution in [3.63, 3.8) is 0 Å². The maximum Gasteiger partial charge on any atom is 0.265 e. The molecule has 0 saturated carbocycles. The number of piperidine rings is 1. The molecule has 166 valence electrons. The molecule has 0 spiro atoms. The van der Waals surface area contributed by atoms with Gasteiger partial charge in [-0.1, -0.05) is 18.6 Å². The Labute approximate surface area is 180 Å². The van der Waals surface area contributed by atoms with Crippen molar-refractivity contribution in [3.8, 4) is 5.75 Å². The number of para-hydroxylation sites is 2. The van der Waals surface area contributed by atoms with Crippen LogP contribution in [0.25, 0.3) is 0 Å². The normalized spacial score (nSPS) is 19.9. The third-order valence-electron chi connectivity index (χ3n) is 5.82. The molecule has 0 radical (unpaired) electrons. The Bertz CT molecular complexity index is 709. The molecule has 1 atom stereocenters. The van der Waals surface area contributed by atoms with Crippen LogP contribution in [0, 0.1) is 0 Å². The molecule has 2 aliphatic heterocycles. The van der Waals surface area contributed by atoms with E-state index in [1.165, 1.54) is 25.8 Å². The zero-order valence-corrected chi connectivity index (χ0v) is 18.5. The number of nitrogens with one attached hydrogen (secondary N) is 2. The van der Waals surface area contributed by atoms with E-state index in [0.29, 0.717) is 19.1 Å². The second-order valence-corrected chi connectivity index (χ2v) is 8.08. The van der Waals surface area contributed by atoms with E-state index < -0.39 is 0 Å². The minimum Gasteiger partial charge on any atom is -0.482 e. The van der Waals surface area contributed by atoms with Crippen molar-refractivity contribution in [2.75, 3.05) is 50.8 Å². The van der Waals surface area contributed by atoms with Crippen LogP contribution in [-0.2, 0) is 4.79 Å². The van der Waals surface area contributed by atoms with Gasteiger partial charge in [0.05, 0.1) is 5.69 Å². The number of likely N-dealkylation sites (tertiary alicyclic amines) is 1. The van der Waals surface area contributed by atoms with Gasteiger partial charge in [0.25, 0.3) is 5.91 Å². The number of anilines is 1. The number of amides is 1. The standard InChI is InChI=1S/C23H37N5O2/c1-3-24-23(25-13-8-16-27-15-7-6-10-19(27)2)26-14-9-17-28-20-11-4-5-12-21(20)30-18-22(28)29/h4-5,11-12,19H,3,6-10,13-18H2,1-2H3,(H2,24,25,26). The van der Waals surface area contributed by atoms with Gasteiger partial charge in [-0.15, -0.1) is 0 Å². The Balaban J connectivity index is 1.41. The van der Waals surface area contributed by atoms with Crippen molar-refractivity contribution in [1.29, 1.82) is 0 Å². The van der Waals surface area contributed by atoms with Crippen LogP contribution in [-0.4, -0.2) is 68.7 Å². The average molecular weight is 416 g/mol. The summed E-state index contributed by atoms with van der Waals surface area (Å²) in [6, 6.07) is 8.42. The highest BCUT2D eigenvalue weighted by atomic mass is 16.5. The monoisotopic (exact) mass is 415 g/mol. The molecule has 7 nitrogen and oxygen atoms in total. The molecule has 1 aromatic carbocycles. The number of fused-ring (bicyclic) bond motifs is 1. The van der Waals surface area contributed by atoms with Crippen molar-refractivity contribution >= 4 is 17.6 Å². The fraction of sp³-hybridized carbons (Fsp3) is 0.652. The smallest absolute Gasteiger partial charge is 0.265 e. The number of carbonyl (C=O) groups is 1. The minimum absolute atomic E-state index is 0.00894. The van der Waals surface area contributed by atoms with Gasteiger partial charge in [0.2, 0.25) is 0 Å². The number of hydrogen-bond donors (Lipinski definition) is 2. The maximum atomic E-state index is 12.3. The highest BCUT2D eigenvalue weighted by molar-refractivity contribution is 5.97. The van der Waals surface area contributed by atoms with Crippen LogP contribution >= 0.6 is 0 Å². The molecule has 0 bridgehead atoms. The van der Waals surface area contributed by atoms with Crippen LogP contribution in [0.3, 0.4) is 0 Å². The third-order valence-corrected chi connectivity index (χ3v) is 5.82. The lowest BCUT2D eigenvalue weighted by atomic mass is 10.0. The van der Waals surface area contributed by atoms with E-state index in [0.717, 1.165) is 49.9 Å². The quantitative estimate of drug-likeness (QED) is 0.369. The first kappa shape index (κ1) is 22.4. The number of guanidine groups is 1. The zero-order valence-electron chi connectivity index (χ0n) is 18.5. The van der Waals surface area contributed by atoms with Crippen molar-refractivity contribution in [3.05, 3.63) is 24.3 Å². The fourth-order valence-electron chi connectivity index (χ4n) is 4.14. The average Bonchev–Trinajstić information content (AvgIpc) is 2.76. The summed E-state index contributed by atoms with van der Waals surface area (Å²) >= 11 is 0. The van der Waals surface area contributed by atoms with Crippen LogP contribution in [0.1, 0.15) is 46.0 Å². The highest BCUT2D eigenvalue weighted by Crippen LogP contribution is 2.31. The van der Waals surface area contributed by atoms with Gasteiger partial charge in [0, 0.05) is 38.8 Å². The first-order valence-electron chi connectivity index (χ1n) is 11.5. The predicted molar refractivity (Wildman–Crippen MR) is 122 cm³/mol. The predicted octanol–water partition coefficient (Wildman–Crippen LogP) is 2.62. The van der Waals surface area contributed by atoms with Crippen LogP contribution in [0.15, 0.2) is 29.3 Å². The SMILES string of the molecule is CCNC(=NCCCN1C(=O)COc2ccccc21)NCCCN1CCCCC1C. The Morgan fingerprint density at radius 1 is 1.20 bits per heavy atom. The van der Waals surface area contributed by atoms with Gasteiger partial charge in [-0.25, -0.2) is 0 Å². The van der Waals surface area contributed by atoms with Crippen molar-refractivity contribution in [2.24, 2.45) is 4.99 Å². The van der Waals surface area contributed by atoms with Gasteiger partial charge in [0.1, 0.15) is 5.75 Å². The Hall–Kier alpha value is -2.28. The summed E-state index contributed by atoms with van der Waals surface area (Å²) < 4.78 is 5.51.